The van der Waals surface area contributed by atoms with E-state index >= 15 is 0 Å². The maximum Gasteiger partial charge on any atom is 0.451 e. The first-order valence-electron chi connectivity index (χ1n) is 5.90. The third kappa shape index (κ3) is 7.72. The molecule has 0 spiro atoms. The normalized spacial score (nSPS) is 16.2. The van der Waals surface area contributed by atoms with Crippen molar-refractivity contribution in [3.05, 3.63) is 0 Å². The molecule has 0 aromatic carbocycles. The van der Waals surface area contributed by atoms with Gasteiger partial charge in [0.25, 0.3) is 0 Å². The Morgan fingerprint density at radius 1 is 1.47 bits per heavy atom. The van der Waals surface area contributed by atoms with Crippen LogP contribution in [0.5, 0.6) is 0 Å². The van der Waals surface area contributed by atoms with Gasteiger partial charge in [0.2, 0.25) is 0 Å². The number of hydrogen-bond acceptors (Lipinski definition) is 7. The minimum atomic E-state index is -1.52. The van der Waals surface area contributed by atoms with Crippen LogP contribution in [0.3, 0.4) is 0 Å². The molecule has 0 fully saturated rings. The molecule has 0 aromatic heterocycles. The molecule has 2 unspecified atom stereocenters. The van der Waals surface area contributed by atoms with Crippen LogP contribution in [0.25, 0.3) is 0 Å². The van der Waals surface area contributed by atoms with Gasteiger partial charge in [-0.15, -0.1) is 9.03 Å². The van der Waals surface area contributed by atoms with Crippen LogP contribution in [0, 0.1) is 0 Å². The highest BCUT2D eigenvalue weighted by molar-refractivity contribution is 7.87. The first kappa shape index (κ1) is 18.6. The van der Waals surface area contributed by atoms with Crippen molar-refractivity contribution in [3.8, 4) is 0 Å². The monoisotopic (exact) mass is 295 g/mol. The fourth-order valence-electron chi connectivity index (χ4n) is 1.36. The van der Waals surface area contributed by atoms with Gasteiger partial charge in [-0.2, -0.15) is 0 Å². The van der Waals surface area contributed by atoms with Crippen molar-refractivity contribution in [1.82, 2.24) is 9.03 Å². The average Bonchev–Trinajstić information content (AvgIpc) is 2.31. The number of nitrogens with one attached hydrogen (secondary N) is 1. The van der Waals surface area contributed by atoms with E-state index in [1.807, 2.05) is 0 Å². The lowest BCUT2D eigenvalue weighted by atomic mass is 9.82. The summed E-state index contributed by atoms with van der Waals surface area (Å²) < 4.78 is 15.4. The van der Waals surface area contributed by atoms with Crippen molar-refractivity contribution in [2.75, 3.05) is 20.6 Å². The molecule has 0 aliphatic heterocycles. The third-order valence-corrected chi connectivity index (χ3v) is 3.66. The van der Waals surface area contributed by atoms with Crippen molar-refractivity contribution in [3.63, 3.8) is 0 Å². The molecule has 2 atom stereocenters. The Hall–Kier alpha value is -0.355. The van der Waals surface area contributed by atoms with Crippen LogP contribution in [-0.2, 0) is 16.3 Å². The smallest absolute Gasteiger partial charge is 0.451 e. The van der Waals surface area contributed by atoms with E-state index < -0.39 is 30.2 Å². The van der Waals surface area contributed by atoms with Gasteiger partial charge < -0.3 is 25.4 Å². The van der Waals surface area contributed by atoms with Gasteiger partial charge in [0.15, 0.2) is 0 Å². The Morgan fingerprint density at radius 2 is 2.05 bits per heavy atom. The largest absolute Gasteiger partial charge is 0.579 e. The second-order valence-corrected chi connectivity index (χ2v) is 6.09. The molecule has 0 aliphatic rings. The summed E-state index contributed by atoms with van der Waals surface area (Å²) >= 11 is -1.49. The van der Waals surface area contributed by atoms with Gasteiger partial charge in [0, 0.05) is 14.1 Å². The third-order valence-electron chi connectivity index (χ3n) is 2.60. The fraction of sp³-hybridized carbons (Fsp3) is 0.889. The standard InChI is InChI=1S/C9H22BN3O5S/c1-13(2)19(18)12-7-9(11,8(14)15)5-3-4-6-10(16)17/h12,16-17H,3-7,11H2,1-2H3,(H,14,15). The molecule has 0 amide bonds. The van der Waals surface area contributed by atoms with E-state index in [-0.39, 0.29) is 19.3 Å². The van der Waals surface area contributed by atoms with Crippen LogP contribution in [0.1, 0.15) is 19.3 Å². The SMILES string of the molecule is CN(C)[S+]([O-])NCC(N)(CCCCB(O)O)C(=O)O. The Morgan fingerprint density at radius 3 is 2.47 bits per heavy atom. The Balaban J connectivity index is 4.23. The highest BCUT2D eigenvalue weighted by Gasteiger charge is 2.35. The zero-order valence-corrected chi connectivity index (χ0v) is 12.0. The second kappa shape index (κ2) is 8.74. The van der Waals surface area contributed by atoms with E-state index in [0.717, 1.165) is 0 Å². The first-order chi connectivity index (χ1) is 8.69. The van der Waals surface area contributed by atoms with Crippen LogP contribution in [-0.4, -0.2) is 63.3 Å². The van der Waals surface area contributed by atoms with Gasteiger partial charge in [-0.05, 0) is 12.7 Å². The summed E-state index contributed by atoms with van der Waals surface area (Å²) in [5.41, 5.74) is 4.24. The number of nitrogens with zero attached hydrogens (tertiary/aromatic N) is 1. The predicted octanol–water partition coefficient (Wildman–Crippen LogP) is -1.86. The summed E-state index contributed by atoms with van der Waals surface area (Å²) in [6, 6.07) is 0. The molecule has 8 nitrogen and oxygen atoms in total. The van der Waals surface area contributed by atoms with Crippen molar-refractivity contribution in [2.24, 2.45) is 5.73 Å². The number of nitrogens with two attached hydrogens (primary N) is 1. The average molecular weight is 295 g/mol. The van der Waals surface area contributed by atoms with Gasteiger partial charge >= 0.3 is 13.1 Å². The lowest BCUT2D eigenvalue weighted by Crippen LogP contribution is -2.57. The summed E-state index contributed by atoms with van der Waals surface area (Å²) in [6.45, 7) is -0.130. The molecule has 19 heavy (non-hydrogen) atoms. The minimum absolute atomic E-state index is 0.130. The number of rotatable bonds is 10. The fourth-order valence-corrected chi connectivity index (χ4v) is 2.00. The van der Waals surface area contributed by atoms with Gasteiger partial charge in [0.05, 0.1) is 6.54 Å². The number of carbonyl (C=O) groups is 1. The predicted molar refractivity (Wildman–Crippen MR) is 73.2 cm³/mol. The van der Waals surface area contributed by atoms with Crippen LogP contribution in [0.2, 0.25) is 6.32 Å². The zero-order chi connectivity index (χ0) is 15.1. The number of aliphatic carboxylic acids is 1. The van der Waals surface area contributed by atoms with Crippen molar-refractivity contribution in [1.29, 1.82) is 0 Å². The summed E-state index contributed by atoms with van der Waals surface area (Å²) in [6.07, 6.45) is 1.23. The van der Waals surface area contributed by atoms with E-state index in [4.69, 9.17) is 20.9 Å². The van der Waals surface area contributed by atoms with Gasteiger partial charge in [-0.25, -0.2) is 0 Å². The molecule has 0 saturated carbocycles. The molecule has 0 heterocycles. The highest BCUT2D eigenvalue weighted by atomic mass is 32.2. The molecule has 0 saturated heterocycles. The van der Waals surface area contributed by atoms with Gasteiger partial charge in [-0.1, -0.05) is 12.8 Å². The van der Waals surface area contributed by atoms with Crippen LogP contribution >= 0.6 is 0 Å². The van der Waals surface area contributed by atoms with Crippen LogP contribution < -0.4 is 10.5 Å². The van der Waals surface area contributed by atoms with Crippen molar-refractivity contribution >= 4 is 24.6 Å². The molecule has 112 valence electrons. The molecule has 0 aromatic rings. The molecule has 10 heteroatoms. The number of unbranched alkanes of at least 4 members (excludes halogenated alkanes) is 1. The van der Waals surface area contributed by atoms with Gasteiger partial charge in [-0.3, -0.25) is 4.79 Å². The Bertz CT molecular complexity index is 285. The molecular weight excluding hydrogens is 273 g/mol. The lowest BCUT2D eigenvalue weighted by Gasteiger charge is -2.26. The molecule has 0 aliphatic carbocycles. The maximum atomic E-state index is 11.4. The molecule has 0 radical (unpaired) electrons. The Labute approximate surface area is 116 Å². The van der Waals surface area contributed by atoms with Crippen molar-refractivity contribution < 1.29 is 24.5 Å². The van der Waals surface area contributed by atoms with E-state index in [9.17, 15) is 9.35 Å². The zero-order valence-electron chi connectivity index (χ0n) is 11.2. The van der Waals surface area contributed by atoms with E-state index in [1.165, 1.54) is 4.31 Å². The summed E-state index contributed by atoms with van der Waals surface area (Å²) in [5.74, 6) is -1.18. The van der Waals surface area contributed by atoms with E-state index in [0.29, 0.717) is 12.8 Å². The Kier molecular flexibility index (Phi) is 8.58. The highest BCUT2D eigenvalue weighted by Crippen LogP contribution is 2.13. The number of carboxylic acid groups (broad SMARTS) is 1. The van der Waals surface area contributed by atoms with Gasteiger partial charge in [0.1, 0.15) is 17.1 Å². The van der Waals surface area contributed by atoms with E-state index in [1.54, 1.807) is 14.1 Å². The molecule has 0 rings (SSSR count). The number of hydrogen-bond donors (Lipinski definition) is 5. The maximum absolute atomic E-state index is 11.4. The van der Waals surface area contributed by atoms with E-state index in [2.05, 4.69) is 4.72 Å². The topological polar surface area (TPSA) is 142 Å². The first-order valence-corrected chi connectivity index (χ1v) is 7.01. The molecular formula is C9H22BN3O5S. The van der Waals surface area contributed by atoms with Crippen LogP contribution in [0.4, 0.5) is 0 Å². The van der Waals surface area contributed by atoms with Crippen LogP contribution in [0.15, 0.2) is 0 Å². The van der Waals surface area contributed by atoms with Crippen molar-refractivity contribution in [2.45, 2.75) is 31.1 Å². The minimum Gasteiger partial charge on any atom is -0.579 e. The quantitative estimate of drug-likeness (QED) is 0.179. The molecule has 6 N–H and O–H groups in total. The summed E-state index contributed by atoms with van der Waals surface area (Å²) in [7, 11) is 1.78. The lowest BCUT2D eigenvalue weighted by molar-refractivity contribution is -0.143. The summed E-state index contributed by atoms with van der Waals surface area (Å²) in [5, 5.41) is 26.5. The second-order valence-electron chi connectivity index (χ2n) is 4.57. The molecule has 0 bridgehead atoms. The summed E-state index contributed by atoms with van der Waals surface area (Å²) in [4.78, 5) is 11.2. The number of carboxylic acids is 1.